The molecule has 2 N–H and O–H groups in total. The Kier molecular flexibility index (Phi) is 6.42. The summed E-state index contributed by atoms with van der Waals surface area (Å²) in [5.74, 6) is 1.39. The molecule has 2 aromatic carbocycles. The van der Waals surface area contributed by atoms with Gasteiger partial charge in [0.25, 0.3) is 5.56 Å². The summed E-state index contributed by atoms with van der Waals surface area (Å²) in [5, 5.41) is 4.34. The Labute approximate surface area is 185 Å². The number of rotatable bonds is 7. The molecule has 0 bridgehead atoms. The Morgan fingerprint density at radius 2 is 2.16 bits per heavy atom. The van der Waals surface area contributed by atoms with Crippen LogP contribution < -0.4 is 20.5 Å². The molecule has 1 aromatic heterocycles. The quantitative estimate of drug-likeness (QED) is 0.588. The van der Waals surface area contributed by atoms with Crippen LogP contribution in [0.4, 0.5) is 5.69 Å². The lowest BCUT2D eigenvalue weighted by atomic mass is 10.2. The zero-order chi connectivity index (χ0) is 21.8. The van der Waals surface area contributed by atoms with Crippen molar-refractivity contribution in [2.24, 2.45) is 0 Å². The normalized spacial score (nSPS) is 15.9. The monoisotopic (exact) mass is 440 g/mol. The third-order valence-electron chi connectivity index (χ3n) is 5.51. The number of ether oxygens (including phenoxy) is 1. The second-order valence-electron chi connectivity index (χ2n) is 7.70. The van der Waals surface area contributed by atoms with E-state index >= 15 is 0 Å². The highest BCUT2D eigenvalue weighted by atomic mass is 35.5. The van der Waals surface area contributed by atoms with Gasteiger partial charge in [0.05, 0.1) is 23.7 Å². The summed E-state index contributed by atoms with van der Waals surface area (Å²) in [5.41, 5.74) is 1.47. The van der Waals surface area contributed by atoms with E-state index in [0.717, 1.165) is 24.4 Å². The number of benzene rings is 2. The molecule has 0 radical (unpaired) electrons. The van der Waals surface area contributed by atoms with Gasteiger partial charge in [-0.05, 0) is 43.2 Å². The zero-order valence-corrected chi connectivity index (χ0v) is 18.1. The smallest absolute Gasteiger partial charge is 0.258 e. The molecule has 1 unspecified atom stereocenters. The predicted octanol–water partition coefficient (Wildman–Crippen LogP) is 3.30. The largest absolute Gasteiger partial charge is 0.495 e. The summed E-state index contributed by atoms with van der Waals surface area (Å²) < 4.78 is 5.44. The number of hydrogen-bond donors (Lipinski definition) is 2. The highest BCUT2D eigenvalue weighted by Crippen LogP contribution is 2.33. The van der Waals surface area contributed by atoms with E-state index in [0.29, 0.717) is 47.6 Å². The minimum absolute atomic E-state index is 0.00745. The Morgan fingerprint density at radius 1 is 1.32 bits per heavy atom. The standard InChI is InChI=1S/C23H25ClN4O3/c1-31-20-10-9-15(24)13-19(20)28-12-11-16(14-28)25-22(29)8-4-7-21-26-18-6-3-2-5-17(18)23(30)27-21/h2-3,5-6,9-10,13,16H,4,7-8,11-12,14H2,1H3,(H,25,29)(H,26,27,30). The van der Waals surface area contributed by atoms with E-state index in [-0.39, 0.29) is 17.5 Å². The number of hydrogen-bond acceptors (Lipinski definition) is 5. The molecule has 3 aromatic rings. The number of nitrogens with zero attached hydrogens (tertiary/aromatic N) is 2. The highest BCUT2D eigenvalue weighted by molar-refractivity contribution is 6.30. The summed E-state index contributed by atoms with van der Waals surface area (Å²) in [6.07, 6.45) is 2.41. The molecular formula is C23H25ClN4O3. The molecule has 2 heterocycles. The summed E-state index contributed by atoms with van der Waals surface area (Å²) in [4.78, 5) is 34.0. The molecule has 1 amide bonds. The van der Waals surface area contributed by atoms with Gasteiger partial charge in [0.2, 0.25) is 5.91 Å². The number of methoxy groups -OCH3 is 1. The number of fused-ring (bicyclic) bond motifs is 1. The van der Waals surface area contributed by atoms with E-state index in [1.807, 2.05) is 30.3 Å². The Morgan fingerprint density at radius 3 is 3.00 bits per heavy atom. The number of carbonyl (C=O) groups excluding carboxylic acids is 1. The van der Waals surface area contributed by atoms with Crippen molar-refractivity contribution in [3.05, 3.63) is 63.7 Å². The van der Waals surface area contributed by atoms with Gasteiger partial charge in [-0.1, -0.05) is 23.7 Å². The number of halogens is 1. The second kappa shape index (κ2) is 9.39. The molecule has 7 nitrogen and oxygen atoms in total. The zero-order valence-electron chi connectivity index (χ0n) is 17.4. The summed E-state index contributed by atoms with van der Waals surface area (Å²) in [6, 6.07) is 12.9. The fourth-order valence-electron chi connectivity index (χ4n) is 3.98. The van der Waals surface area contributed by atoms with Crippen LogP contribution in [0.15, 0.2) is 47.3 Å². The van der Waals surface area contributed by atoms with Gasteiger partial charge in [0.1, 0.15) is 11.6 Å². The third-order valence-corrected chi connectivity index (χ3v) is 5.75. The molecule has 4 rings (SSSR count). The van der Waals surface area contributed by atoms with Crippen molar-refractivity contribution in [3.63, 3.8) is 0 Å². The number of nitrogens with one attached hydrogen (secondary N) is 2. The van der Waals surface area contributed by atoms with Crippen LogP contribution in [0, 0.1) is 0 Å². The summed E-state index contributed by atoms with van der Waals surface area (Å²) >= 11 is 6.14. The molecule has 8 heteroatoms. The molecule has 1 aliphatic rings. The van der Waals surface area contributed by atoms with Crippen LogP contribution in [0.5, 0.6) is 5.75 Å². The van der Waals surface area contributed by atoms with Gasteiger partial charge in [-0.2, -0.15) is 0 Å². The predicted molar refractivity (Wildman–Crippen MR) is 122 cm³/mol. The van der Waals surface area contributed by atoms with E-state index in [1.165, 1.54) is 0 Å². The number of aromatic amines is 1. The van der Waals surface area contributed by atoms with Crippen molar-refractivity contribution in [2.45, 2.75) is 31.7 Å². The second-order valence-corrected chi connectivity index (χ2v) is 8.14. The molecule has 1 fully saturated rings. The number of para-hydroxylation sites is 1. The molecule has 0 aliphatic carbocycles. The first-order valence-corrected chi connectivity index (χ1v) is 10.8. The van der Waals surface area contributed by atoms with E-state index in [9.17, 15) is 9.59 Å². The topological polar surface area (TPSA) is 87.3 Å². The van der Waals surface area contributed by atoms with Crippen LogP contribution in [0.1, 0.15) is 25.1 Å². The maximum absolute atomic E-state index is 12.4. The fourth-order valence-corrected chi connectivity index (χ4v) is 4.14. The van der Waals surface area contributed by atoms with Crippen molar-refractivity contribution in [1.29, 1.82) is 0 Å². The van der Waals surface area contributed by atoms with Crippen LogP contribution in [-0.4, -0.2) is 42.1 Å². The van der Waals surface area contributed by atoms with Gasteiger partial charge in [-0.3, -0.25) is 9.59 Å². The summed E-state index contributed by atoms with van der Waals surface area (Å²) in [7, 11) is 1.64. The molecule has 162 valence electrons. The van der Waals surface area contributed by atoms with Crippen molar-refractivity contribution < 1.29 is 9.53 Å². The van der Waals surface area contributed by atoms with E-state index in [1.54, 1.807) is 19.2 Å². The average Bonchev–Trinajstić information content (AvgIpc) is 3.22. The van der Waals surface area contributed by atoms with Crippen LogP contribution in [0.2, 0.25) is 5.02 Å². The van der Waals surface area contributed by atoms with Crippen LogP contribution in [0.25, 0.3) is 10.9 Å². The lowest BCUT2D eigenvalue weighted by Gasteiger charge is -2.21. The maximum Gasteiger partial charge on any atom is 0.258 e. The van der Waals surface area contributed by atoms with E-state index < -0.39 is 0 Å². The molecule has 1 atom stereocenters. The van der Waals surface area contributed by atoms with Crippen molar-refractivity contribution >= 4 is 34.1 Å². The number of aryl methyl sites for hydroxylation is 1. The highest BCUT2D eigenvalue weighted by Gasteiger charge is 2.26. The first-order chi connectivity index (χ1) is 15.0. The number of carbonyl (C=O) groups is 1. The molecule has 0 spiro atoms. The minimum atomic E-state index is -0.146. The number of H-pyrrole nitrogens is 1. The Hall–Kier alpha value is -3.06. The van der Waals surface area contributed by atoms with Crippen LogP contribution in [-0.2, 0) is 11.2 Å². The number of anilines is 1. The van der Waals surface area contributed by atoms with Gasteiger partial charge in [0, 0.05) is 37.0 Å². The maximum atomic E-state index is 12.4. The molecule has 1 saturated heterocycles. The molecular weight excluding hydrogens is 416 g/mol. The van der Waals surface area contributed by atoms with Gasteiger partial charge in [0.15, 0.2) is 0 Å². The van der Waals surface area contributed by atoms with Gasteiger partial charge in [-0.25, -0.2) is 4.98 Å². The summed E-state index contributed by atoms with van der Waals surface area (Å²) in [6.45, 7) is 1.53. The molecule has 31 heavy (non-hydrogen) atoms. The lowest BCUT2D eigenvalue weighted by Crippen LogP contribution is -2.37. The van der Waals surface area contributed by atoms with Crippen molar-refractivity contribution in [3.8, 4) is 5.75 Å². The van der Waals surface area contributed by atoms with E-state index in [2.05, 4.69) is 20.2 Å². The Balaban J connectivity index is 1.28. The molecule has 0 saturated carbocycles. The number of aromatic nitrogens is 2. The van der Waals surface area contributed by atoms with Gasteiger partial charge < -0.3 is 19.9 Å². The van der Waals surface area contributed by atoms with Crippen molar-refractivity contribution in [1.82, 2.24) is 15.3 Å². The minimum Gasteiger partial charge on any atom is -0.495 e. The lowest BCUT2D eigenvalue weighted by molar-refractivity contribution is -0.121. The van der Waals surface area contributed by atoms with Gasteiger partial charge >= 0.3 is 0 Å². The molecule has 1 aliphatic heterocycles. The van der Waals surface area contributed by atoms with Crippen LogP contribution in [0.3, 0.4) is 0 Å². The fraction of sp³-hybridized carbons (Fsp3) is 0.348. The number of amides is 1. The Bertz CT molecular complexity index is 1150. The first kappa shape index (κ1) is 21.2. The van der Waals surface area contributed by atoms with Crippen LogP contribution >= 0.6 is 11.6 Å². The SMILES string of the molecule is COc1ccc(Cl)cc1N1CCC(NC(=O)CCCc2nc3ccccc3c(=O)[nH]2)C1. The first-order valence-electron chi connectivity index (χ1n) is 10.4. The van der Waals surface area contributed by atoms with E-state index in [4.69, 9.17) is 16.3 Å². The third kappa shape index (κ3) is 4.99. The average molecular weight is 441 g/mol. The van der Waals surface area contributed by atoms with Crippen molar-refractivity contribution in [2.75, 3.05) is 25.1 Å². The van der Waals surface area contributed by atoms with Gasteiger partial charge in [-0.15, -0.1) is 0 Å².